The molecule has 0 aromatic heterocycles. The maximum absolute atomic E-state index is 5.68. The molecule has 1 saturated carbocycles. The van der Waals surface area contributed by atoms with Crippen LogP contribution in [0.25, 0.3) is 0 Å². The van der Waals surface area contributed by atoms with Crippen molar-refractivity contribution in [1.82, 2.24) is 15.5 Å². The van der Waals surface area contributed by atoms with Crippen molar-refractivity contribution in [3.63, 3.8) is 0 Å². The van der Waals surface area contributed by atoms with Gasteiger partial charge in [0.15, 0.2) is 5.96 Å². The molecule has 2 fully saturated rings. The van der Waals surface area contributed by atoms with E-state index in [1.165, 1.54) is 31.2 Å². The first kappa shape index (κ1) is 21.9. The van der Waals surface area contributed by atoms with Gasteiger partial charge in [-0.05, 0) is 74.7 Å². The number of rotatable bonds is 11. The number of likely N-dealkylation sites (tertiary alicyclic amines) is 1. The lowest BCUT2D eigenvalue weighted by Gasteiger charge is -2.32. The number of guanidine groups is 1. The third kappa shape index (κ3) is 8.23. The molecule has 6 heteroatoms. The number of nitrogens with zero attached hydrogens (tertiary/aromatic N) is 2. The number of hydrogen-bond acceptors (Lipinski definition) is 4. The second-order valence-corrected chi connectivity index (χ2v) is 8.32. The highest BCUT2D eigenvalue weighted by Crippen LogP contribution is 2.28. The predicted molar refractivity (Wildman–Crippen MR) is 119 cm³/mol. The zero-order valence-corrected chi connectivity index (χ0v) is 18.2. The molecule has 0 spiro atoms. The first-order valence-corrected chi connectivity index (χ1v) is 11.1. The molecule has 1 heterocycles. The van der Waals surface area contributed by atoms with E-state index in [1.807, 2.05) is 19.2 Å². The lowest BCUT2D eigenvalue weighted by molar-refractivity contribution is 0.123. The van der Waals surface area contributed by atoms with Crippen LogP contribution in [-0.4, -0.2) is 64.4 Å². The number of benzene rings is 1. The standard InChI is InChI=1S/C23H38N4O2/c1-24-23(25-12-3-15-29-18-21-4-5-21)26-16-19-10-13-27(14-11-19)17-20-6-8-22(28-2)9-7-20/h6-9,19,21H,3-5,10-18H2,1-2H3,(H2,24,25,26). The molecule has 162 valence electrons. The molecular formula is C23H38N4O2. The predicted octanol–water partition coefficient (Wildman–Crippen LogP) is 2.89. The average Bonchev–Trinajstić information content (AvgIpc) is 3.59. The van der Waals surface area contributed by atoms with Crippen LogP contribution in [0.5, 0.6) is 5.75 Å². The topological polar surface area (TPSA) is 58.1 Å². The van der Waals surface area contributed by atoms with Crippen LogP contribution in [0.2, 0.25) is 0 Å². The lowest BCUT2D eigenvalue weighted by atomic mass is 9.96. The summed E-state index contributed by atoms with van der Waals surface area (Å²) in [5.74, 6) is 3.39. The molecule has 0 amide bonds. The molecule has 1 aromatic rings. The van der Waals surface area contributed by atoms with Crippen molar-refractivity contribution in [1.29, 1.82) is 0 Å². The third-order valence-corrected chi connectivity index (χ3v) is 5.86. The molecule has 2 N–H and O–H groups in total. The van der Waals surface area contributed by atoms with Gasteiger partial charge in [-0.2, -0.15) is 0 Å². The molecule has 3 rings (SSSR count). The van der Waals surface area contributed by atoms with Gasteiger partial charge in [-0.1, -0.05) is 12.1 Å². The van der Waals surface area contributed by atoms with Gasteiger partial charge in [0.1, 0.15) is 5.75 Å². The number of ether oxygens (including phenoxy) is 2. The summed E-state index contributed by atoms with van der Waals surface area (Å²) in [7, 11) is 3.55. The summed E-state index contributed by atoms with van der Waals surface area (Å²) in [4.78, 5) is 6.89. The van der Waals surface area contributed by atoms with E-state index < -0.39 is 0 Å². The molecular weight excluding hydrogens is 364 g/mol. The quantitative estimate of drug-likeness (QED) is 0.339. The highest BCUT2D eigenvalue weighted by Gasteiger charge is 2.21. The van der Waals surface area contributed by atoms with Crippen molar-refractivity contribution < 1.29 is 9.47 Å². The van der Waals surface area contributed by atoms with Crippen LogP contribution in [0, 0.1) is 11.8 Å². The number of nitrogens with one attached hydrogen (secondary N) is 2. The second kappa shape index (κ2) is 12.0. The van der Waals surface area contributed by atoms with E-state index in [0.717, 1.165) is 70.0 Å². The summed E-state index contributed by atoms with van der Waals surface area (Å²) < 4.78 is 10.9. The van der Waals surface area contributed by atoms with E-state index in [1.54, 1.807) is 7.11 Å². The van der Waals surface area contributed by atoms with Crippen molar-refractivity contribution in [2.75, 3.05) is 53.6 Å². The van der Waals surface area contributed by atoms with Gasteiger partial charge in [0.25, 0.3) is 0 Å². The third-order valence-electron chi connectivity index (χ3n) is 5.86. The summed E-state index contributed by atoms with van der Waals surface area (Å²) in [6, 6.07) is 8.42. The molecule has 1 aromatic carbocycles. The Bertz CT molecular complexity index is 608. The first-order valence-electron chi connectivity index (χ1n) is 11.1. The molecule has 0 radical (unpaired) electrons. The van der Waals surface area contributed by atoms with Gasteiger partial charge in [0.2, 0.25) is 0 Å². The zero-order valence-electron chi connectivity index (χ0n) is 18.2. The van der Waals surface area contributed by atoms with Crippen LogP contribution >= 0.6 is 0 Å². The van der Waals surface area contributed by atoms with E-state index >= 15 is 0 Å². The van der Waals surface area contributed by atoms with E-state index in [2.05, 4.69) is 32.7 Å². The van der Waals surface area contributed by atoms with Crippen molar-refractivity contribution in [2.24, 2.45) is 16.8 Å². The smallest absolute Gasteiger partial charge is 0.190 e. The number of piperidine rings is 1. The summed E-state index contributed by atoms with van der Waals surface area (Å²) in [5, 5.41) is 6.90. The molecule has 1 aliphatic carbocycles. The maximum Gasteiger partial charge on any atom is 0.190 e. The van der Waals surface area contributed by atoms with Gasteiger partial charge in [-0.25, -0.2) is 0 Å². The van der Waals surface area contributed by atoms with Gasteiger partial charge in [0, 0.05) is 39.9 Å². The van der Waals surface area contributed by atoms with Crippen LogP contribution in [0.3, 0.4) is 0 Å². The van der Waals surface area contributed by atoms with Crippen molar-refractivity contribution >= 4 is 5.96 Å². The largest absolute Gasteiger partial charge is 0.497 e. The van der Waals surface area contributed by atoms with Gasteiger partial charge in [-0.3, -0.25) is 9.89 Å². The van der Waals surface area contributed by atoms with Crippen LogP contribution in [0.4, 0.5) is 0 Å². The highest BCUT2D eigenvalue weighted by atomic mass is 16.5. The Morgan fingerprint density at radius 3 is 2.48 bits per heavy atom. The minimum atomic E-state index is 0.711. The van der Waals surface area contributed by atoms with Crippen LogP contribution in [0.15, 0.2) is 29.3 Å². The maximum atomic E-state index is 5.68. The minimum absolute atomic E-state index is 0.711. The van der Waals surface area contributed by atoms with Crippen molar-refractivity contribution in [2.45, 2.75) is 38.6 Å². The summed E-state index contributed by atoms with van der Waals surface area (Å²) >= 11 is 0. The molecule has 0 atom stereocenters. The fourth-order valence-corrected chi connectivity index (χ4v) is 3.71. The van der Waals surface area contributed by atoms with E-state index in [-0.39, 0.29) is 0 Å². The van der Waals surface area contributed by atoms with E-state index in [0.29, 0.717) is 5.92 Å². The van der Waals surface area contributed by atoms with Crippen LogP contribution in [0.1, 0.15) is 37.7 Å². The zero-order chi connectivity index (χ0) is 20.3. The Kier molecular flexibility index (Phi) is 9.09. The summed E-state index contributed by atoms with van der Waals surface area (Å²) in [5.41, 5.74) is 1.35. The van der Waals surface area contributed by atoms with Gasteiger partial charge in [0.05, 0.1) is 7.11 Å². The molecule has 6 nitrogen and oxygen atoms in total. The average molecular weight is 403 g/mol. The number of methoxy groups -OCH3 is 1. The van der Waals surface area contributed by atoms with Crippen molar-refractivity contribution in [3.8, 4) is 5.75 Å². The normalized spacial score (nSPS) is 18.6. The van der Waals surface area contributed by atoms with Gasteiger partial charge >= 0.3 is 0 Å². The SMILES string of the molecule is CN=C(NCCCOCC1CC1)NCC1CCN(Cc2ccc(OC)cc2)CC1. The molecule has 2 aliphatic rings. The Morgan fingerprint density at radius 1 is 1.07 bits per heavy atom. The molecule has 0 unspecified atom stereocenters. The lowest BCUT2D eigenvalue weighted by Crippen LogP contribution is -2.43. The summed E-state index contributed by atoms with van der Waals surface area (Å²) in [6.07, 6.45) is 6.20. The van der Waals surface area contributed by atoms with Gasteiger partial charge in [-0.15, -0.1) is 0 Å². The fourth-order valence-electron chi connectivity index (χ4n) is 3.71. The Morgan fingerprint density at radius 2 is 1.83 bits per heavy atom. The molecule has 29 heavy (non-hydrogen) atoms. The Labute approximate surface area is 176 Å². The van der Waals surface area contributed by atoms with E-state index in [4.69, 9.17) is 9.47 Å². The van der Waals surface area contributed by atoms with E-state index in [9.17, 15) is 0 Å². The fraction of sp³-hybridized carbons (Fsp3) is 0.696. The monoisotopic (exact) mass is 402 g/mol. The van der Waals surface area contributed by atoms with Crippen molar-refractivity contribution in [3.05, 3.63) is 29.8 Å². The Balaban J connectivity index is 1.25. The first-order chi connectivity index (χ1) is 14.3. The molecule has 1 aliphatic heterocycles. The van der Waals surface area contributed by atoms with Crippen LogP contribution in [-0.2, 0) is 11.3 Å². The molecule has 0 bridgehead atoms. The molecule has 1 saturated heterocycles. The van der Waals surface area contributed by atoms with Crippen LogP contribution < -0.4 is 15.4 Å². The van der Waals surface area contributed by atoms with Gasteiger partial charge < -0.3 is 20.1 Å². The number of hydrogen-bond donors (Lipinski definition) is 2. The highest BCUT2D eigenvalue weighted by molar-refractivity contribution is 5.79. The Hall–Kier alpha value is -1.79. The number of aliphatic imine (C=N–C) groups is 1. The summed E-state index contributed by atoms with van der Waals surface area (Å²) in [6.45, 7) is 7.03. The minimum Gasteiger partial charge on any atom is -0.497 e. The second-order valence-electron chi connectivity index (χ2n) is 8.32.